The van der Waals surface area contributed by atoms with Crippen LogP contribution in [0.15, 0.2) is 0 Å². The molecule has 15 heavy (non-hydrogen) atoms. The van der Waals surface area contributed by atoms with Gasteiger partial charge in [-0.25, -0.2) is 0 Å². The quantitative estimate of drug-likeness (QED) is 0.688. The third-order valence-corrected chi connectivity index (χ3v) is 4.04. The smallest absolute Gasteiger partial charge is 0.0761 e. The molecule has 0 aromatic carbocycles. The van der Waals surface area contributed by atoms with E-state index in [2.05, 4.69) is 9.80 Å². The van der Waals surface area contributed by atoms with Crippen LogP contribution in [0.4, 0.5) is 0 Å². The third-order valence-electron chi connectivity index (χ3n) is 3.76. The van der Waals surface area contributed by atoms with Crippen molar-refractivity contribution in [1.82, 2.24) is 9.80 Å². The zero-order valence-corrected chi connectivity index (χ0v) is 10.4. The van der Waals surface area contributed by atoms with Crippen molar-refractivity contribution in [2.45, 2.75) is 44.7 Å². The number of hydrogen-bond acceptors (Lipinski definition) is 2. The number of rotatable bonds is 3. The van der Waals surface area contributed by atoms with Crippen LogP contribution in [-0.4, -0.2) is 48.0 Å². The molecule has 0 bridgehead atoms. The van der Waals surface area contributed by atoms with Gasteiger partial charge in [0.25, 0.3) is 0 Å². The molecule has 0 N–H and O–H groups in total. The highest BCUT2D eigenvalue weighted by Crippen LogP contribution is 2.19. The molecular weight excluding hydrogens is 208 g/mol. The van der Waals surface area contributed by atoms with E-state index in [9.17, 15) is 0 Å². The average molecular weight is 231 g/mol. The van der Waals surface area contributed by atoms with Gasteiger partial charge in [0.05, 0.1) is 12.0 Å². The van der Waals surface area contributed by atoms with Crippen molar-refractivity contribution in [3.05, 3.63) is 0 Å². The molecule has 2 aliphatic heterocycles. The van der Waals surface area contributed by atoms with Gasteiger partial charge >= 0.3 is 0 Å². The molecule has 0 atom stereocenters. The fourth-order valence-corrected chi connectivity index (χ4v) is 3.25. The predicted molar refractivity (Wildman–Crippen MR) is 65.4 cm³/mol. The fraction of sp³-hybridized carbons (Fsp3) is 1.00. The maximum Gasteiger partial charge on any atom is 0.0761 e. The molecule has 3 heteroatoms. The summed E-state index contributed by atoms with van der Waals surface area (Å²) in [5.41, 5.74) is 0. The van der Waals surface area contributed by atoms with Crippen LogP contribution >= 0.6 is 11.6 Å². The minimum absolute atomic E-state index is 0.521. The number of halogens is 1. The molecule has 0 unspecified atom stereocenters. The Morgan fingerprint density at radius 2 is 1.13 bits per heavy atom. The summed E-state index contributed by atoms with van der Waals surface area (Å²) < 4.78 is 0. The molecule has 0 aliphatic carbocycles. The lowest BCUT2D eigenvalue weighted by Gasteiger charge is -2.42. The molecule has 0 aromatic rings. The highest BCUT2D eigenvalue weighted by atomic mass is 35.5. The highest BCUT2D eigenvalue weighted by Gasteiger charge is 2.26. The monoisotopic (exact) mass is 230 g/mol. The molecule has 88 valence electrons. The van der Waals surface area contributed by atoms with Crippen LogP contribution in [0, 0.1) is 0 Å². The molecule has 2 saturated heterocycles. The predicted octanol–water partition coefficient (Wildman–Crippen LogP) is 2.52. The molecule has 0 radical (unpaired) electrons. The Bertz CT molecular complexity index is 156. The van der Waals surface area contributed by atoms with E-state index >= 15 is 0 Å². The Kier molecular flexibility index (Phi) is 4.73. The first kappa shape index (κ1) is 11.7. The van der Waals surface area contributed by atoms with Gasteiger partial charge in [0.1, 0.15) is 0 Å². The zero-order valence-electron chi connectivity index (χ0n) is 9.63. The Morgan fingerprint density at radius 3 is 1.47 bits per heavy atom. The number of piperidine rings is 2. The Labute approximate surface area is 98.6 Å². The molecule has 2 fully saturated rings. The number of hydrogen-bond donors (Lipinski definition) is 0. The molecular formula is C12H23ClN2. The van der Waals surface area contributed by atoms with Gasteiger partial charge in [-0.15, -0.1) is 11.6 Å². The van der Waals surface area contributed by atoms with Crippen LogP contribution in [-0.2, 0) is 0 Å². The van der Waals surface area contributed by atoms with Crippen molar-refractivity contribution in [3.8, 4) is 0 Å². The van der Waals surface area contributed by atoms with Gasteiger partial charge in [0, 0.05) is 0 Å². The van der Waals surface area contributed by atoms with Gasteiger partial charge in [-0.1, -0.05) is 12.8 Å². The second-order valence-electron chi connectivity index (χ2n) is 4.83. The van der Waals surface area contributed by atoms with E-state index in [0.29, 0.717) is 6.17 Å². The van der Waals surface area contributed by atoms with E-state index in [4.69, 9.17) is 11.6 Å². The first-order valence-electron chi connectivity index (χ1n) is 6.46. The number of nitrogens with zero attached hydrogens (tertiary/aromatic N) is 2. The van der Waals surface area contributed by atoms with E-state index < -0.39 is 0 Å². The van der Waals surface area contributed by atoms with Gasteiger partial charge in [0.2, 0.25) is 0 Å². The average Bonchev–Trinajstić information content (AvgIpc) is 2.33. The van der Waals surface area contributed by atoms with Crippen LogP contribution in [0.1, 0.15) is 38.5 Å². The van der Waals surface area contributed by atoms with E-state index in [0.717, 1.165) is 5.88 Å². The first-order valence-corrected chi connectivity index (χ1v) is 6.99. The van der Waals surface area contributed by atoms with E-state index in [1.807, 2.05) is 0 Å². The van der Waals surface area contributed by atoms with Crippen LogP contribution < -0.4 is 0 Å². The van der Waals surface area contributed by atoms with Crippen molar-refractivity contribution in [2.75, 3.05) is 32.1 Å². The Morgan fingerprint density at radius 1 is 0.733 bits per heavy atom. The lowest BCUT2D eigenvalue weighted by molar-refractivity contribution is 0.0315. The summed E-state index contributed by atoms with van der Waals surface area (Å²) in [6.45, 7) is 5.03. The summed E-state index contributed by atoms with van der Waals surface area (Å²) >= 11 is 6.15. The second-order valence-corrected chi connectivity index (χ2v) is 5.14. The minimum Gasteiger partial charge on any atom is -0.287 e. The van der Waals surface area contributed by atoms with Crippen LogP contribution in [0.2, 0.25) is 0 Å². The van der Waals surface area contributed by atoms with Gasteiger partial charge in [0.15, 0.2) is 0 Å². The van der Waals surface area contributed by atoms with Crippen molar-refractivity contribution >= 4 is 11.6 Å². The molecule has 0 saturated carbocycles. The van der Waals surface area contributed by atoms with Gasteiger partial charge < -0.3 is 0 Å². The van der Waals surface area contributed by atoms with E-state index in [1.165, 1.54) is 64.7 Å². The molecule has 0 spiro atoms. The van der Waals surface area contributed by atoms with Crippen molar-refractivity contribution in [2.24, 2.45) is 0 Å². The Hall–Kier alpha value is 0.210. The first-order chi connectivity index (χ1) is 7.42. The standard InChI is InChI=1S/C12H23ClN2/c13-11-12(14-7-3-1-4-8-14)15-9-5-2-6-10-15/h12H,1-11H2. The van der Waals surface area contributed by atoms with Crippen molar-refractivity contribution < 1.29 is 0 Å². The summed E-state index contributed by atoms with van der Waals surface area (Å²) in [4.78, 5) is 5.20. The van der Waals surface area contributed by atoms with Crippen molar-refractivity contribution in [3.63, 3.8) is 0 Å². The summed E-state index contributed by atoms with van der Waals surface area (Å²) in [5, 5.41) is 0. The summed E-state index contributed by atoms with van der Waals surface area (Å²) in [5.74, 6) is 0.778. The summed E-state index contributed by atoms with van der Waals surface area (Å²) in [6.07, 6.45) is 8.79. The van der Waals surface area contributed by atoms with Gasteiger partial charge in [-0.2, -0.15) is 0 Å². The summed E-state index contributed by atoms with van der Waals surface area (Å²) in [6, 6.07) is 0. The number of alkyl halides is 1. The van der Waals surface area contributed by atoms with Gasteiger partial charge in [-0.05, 0) is 51.9 Å². The third kappa shape index (κ3) is 3.08. The molecule has 0 amide bonds. The van der Waals surface area contributed by atoms with E-state index in [-0.39, 0.29) is 0 Å². The topological polar surface area (TPSA) is 6.48 Å². The second kappa shape index (κ2) is 6.07. The zero-order chi connectivity index (χ0) is 10.5. The molecule has 2 aliphatic rings. The molecule has 0 aromatic heterocycles. The largest absolute Gasteiger partial charge is 0.287 e. The lowest BCUT2D eigenvalue weighted by Crippen LogP contribution is -2.52. The van der Waals surface area contributed by atoms with Crippen LogP contribution in [0.25, 0.3) is 0 Å². The lowest BCUT2D eigenvalue weighted by atomic mass is 10.1. The van der Waals surface area contributed by atoms with Crippen LogP contribution in [0.5, 0.6) is 0 Å². The van der Waals surface area contributed by atoms with Crippen LogP contribution in [0.3, 0.4) is 0 Å². The molecule has 2 rings (SSSR count). The highest BCUT2D eigenvalue weighted by molar-refractivity contribution is 6.18. The maximum absolute atomic E-state index is 6.15. The SMILES string of the molecule is ClCC(N1CCCCC1)N1CCCCC1. The summed E-state index contributed by atoms with van der Waals surface area (Å²) in [7, 11) is 0. The minimum atomic E-state index is 0.521. The molecule has 2 heterocycles. The molecule has 2 nitrogen and oxygen atoms in total. The normalized spacial score (nSPS) is 26.0. The van der Waals surface area contributed by atoms with Gasteiger partial charge in [-0.3, -0.25) is 9.80 Å². The maximum atomic E-state index is 6.15. The van der Waals surface area contributed by atoms with E-state index in [1.54, 1.807) is 0 Å². The number of likely N-dealkylation sites (tertiary alicyclic amines) is 2. The Balaban J connectivity index is 1.88. The fourth-order valence-electron chi connectivity index (χ4n) is 2.86. The van der Waals surface area contributed by atoms with Crippen molar-refractivity contribution in [1.29, 1.82) is 0 Å².